The van der Waals surface area contributed by atoms with Gasteiger partial charge in [0.2, 0.25) is 10.0 Å². The third-order valence-electron chi connectivity index (χ3n) is 4.22. The Kier molecular flexibility index (Phi) is 4.25. The van der Waals surface area contributed by atoms with Crippen molar-refractivity contribution in [1.29, 1.82) is 0 Å². The van der Waals surface area contributed by atoms with Crippen LogP contribution in [0.3, 0.4) is 0 Å². The molecule has 1 aliphatic carbocycles. The molecule has 2 N–H and O–H groups in total. The van der Waals surface area contributed by atoms with E-state index in [1.807, 2.05) is 0 Å². The minimum absolute atomic E-state index is 0.254. The molecule has 1 aliphatic heterocycles. The van der Waals surface area contributed by atoms with Crippen molar-refractivity contribution in [2.24, 2.45) is 5.73 Å². The summed E-state index contributed by atoms with van der Waals surface area (Å²) in [5.74, 6) is 0. The van der Waals surface area contributed by atoms with Gasteiger partial charge in [-0.3, -0.25) is 4.90 Å². The van der Waals surface area contributed by atoms with E-state index in [2.05, 4.69) is 4.90 Å². The Hall–Kier alpha value is -0.660. The molecule has 1 saturated heterocycles. The molecule has 1 aromatic rings. The van der Waals surface area contributed by atoms with Crippen LogP contribution in [-0.4, -0.2) is 49.8 Å². The number of nitrogens with two attached hydrogens (primary N) is 1. The van der Waals surface area contributed by atoms with Gasteiger partial charge in [0.05, 0.1) is 4.90 Å². The molecule has 1 saturated carbocycles. The molecule has 0 unspecified atom stereocenters. The highest BCUT2D eigenvalue weighted by atomic mass is 35.5. The molecule has 0 aromatic heterocycles. The maximum Gasteiger partial charge on any atom is 0.243 e. The van der Waals surface area contributed by atoms with Crippen LogP contribution in [0, 0.1) is 0 Å². The van der Waals surface area contributed by atoms with E-state index in [0.29, 0.717) is 30.7 Å². The number of hydrogen-bond donors (Lipinski definition) is 1. The molecular weight excluding hydrogens is 310 g/mol. The monoisotopic (exact) mass is 329 g/mol. The Morgan fingerprint density at radius 1 is 1.19 bits per heavy atom. The van der Waals surface area contributed by atoms with Gasteiger partial charge in [0.25, 0.3) is 0 Å². The minimum Gasteiger partial charge on any atom is -0.326 e. The van der Waals surface area contributed by atoms with Gasteiger partial charge in [-0.05, 0) is 30.5 Å². The number of halogens is 1. The van der Waals surface area contributed by atoms with Crippen molar-refractivity contribution in [3.8, 4) is 0 Å². The van der Waals surface area contributed by atoms with Crippen LogP contribution in [0.2, 0.25) is 5.02 Å². The minimum atomic E-state index is -3.46. The fraction of sp³-hybridized carbons (Fsp3) is 0.571. The Balaban J connectivity index is 1.75. The molecule has 21 heavy (non-hydrogen) atoms. The number of benzene rings is 1. The van der Waals surface area contributed by atoms with Crippen LogP contribution < -0.4 is 5.73 Å². The highest BCUT2D eigenvalue weighted by molar-refractivity contribution is 7.89. The first kappa shape index (κ1) is 15.2. The van der Waals surface area contributed by atoms with Crippen LogP contribution in [0.5, 0.6) is 0 Å². The van der Waals surface area contributed by atoms with E-state index in [1.165, 1.54) is 18.9 Å². The lowest BCUT2D eigenvalue weighted by molar-refractivity contribution is 0.180. The fourth-order valence-electron chi connectivity index (χ4n) is 2.75. The van der Waals surface area contributed by atoms with E-state index >= 15 is 0 Å². The lowest BCUT2D eigenvalue weighted by atomic mass is 10.2. The molecule has 116 valence electrons. The average molecular weight is 330 g/mol. The molecule has 0 atom stereocenters. The summed E-state index contributed by atoms with van der Waals surface area (Å²) in [7, 11) is -3.46. The summed E-state index contributed by atoms with van der Waals surface area (Å²) in [5, 5.41) is 0.412. The first-order valence-corrected chi connectivity index (χ1v) is 9.07. The van der Waals surface area contributed by atoms with Crippen LogP contribution in [0.4, 0.5) is 0 Å². The van der Waals surface area contributed by atoms with E-state index in [0.717, 1.165) is 18.7 Å². The van der Waals surface area contributed by atoms with Gasteiger partial charge < -0.3 is 5.73 Å². The van der Waals surface area contributed by atoms with E-state index in [4.69, 9.17) is 17.3 Å². The summed E-state index contributed by atoms with van der Waals surface area (Å²) in [5.41, 5.74) is 6.31. The van der Waals surface area contributed by atoms with Gasteiger partial charge in [0, 0.05) is 43.8 Å². The van der Waals surface area contributed by atoms with E-state index in [1.54, 1.807) is 16.4 Å². The standard InChI is InChI=1S/C14H20ClN3O2S/c15-14-9-13(4-1-11(14)10-16)21(19,20)18-7-5-17(6-8-18)12-2-3-12/h1,4,9,12H,2-3,5-8,10,16H2. The van der Waals surface area contributed by atoms with Gasteiger partial charge in [-0.15, -0.1) is 0 Å². The normalized spacial score (nSPS) is 21.6. The second-order valence-corrected chi connectivity index (χ2v) is 7.97. The van der Waals surface area contributed by atoms with Gasteiger partial charge in [0.15, 0.2) is 0 Å². The molecule has 0 radical (unpaired) electrons. The summed E-state index contributed by atoms with van der Waals surface area (Å²) >= 11 is 6.08. The van der Waals surface area contributed by atoms with Gasteiger partial charge in [0.1, 0.15) is 0 Å². The molecule has 3 rings (SSSR count). The van der Waals surface area contributed by atoms with Gasteiger partial charge >= 0.3 is 0 Å². The highest BCUT2D eigenvalue weighted by Gasteiger charge is 2.34. The Morgan fingerprint density at radius 3 is 2.38 bits per heavy atom. The molecular formula is C14H20ClN3O2S. The fourth-order valence-corrected chi connectivity index (χ4v) is 4.52. The summed E-state index contributed by atoms with van der Waals surface area (Å²) in [4.78, 5) is 2.64. The largest absolute Gasteiger partial charge is 0.326 e. The van der Waals surface area contributed by atoms with Crippen LogP contribution in [0.1, 0.15) is 18.4 Å². The molecule has 5 nitrogen and oxygen atoms in total. The number of piperazine rings is 1. The molecule has 1 aromatic carbocycles. The van der Waals surface area contributed by atoms with Crippen molar-refractivity contribution in [3.63, 3.8) is 0 Å². The van der Waals surface area contributed by atoms with Crippen LogP contribution in [-0.2, 0) is 16.6 Å². The van der Waals surface area contributed by atoms with Gasteiger partial charge in [-0.2, -0.15) is 4.31 Å². The Bertz CT molecular complexity index is 623. The number of sulfonamides is 1. The molecule has 0 amide bonds. The van der Waals surface area contributed by atoms with Crippen molar-refractivity contribution in [2.75, 3.05) is 26.2 Å². The first-order chi connectivity index (χ1) is 10.0. The van der Waals surface area contributed by atoms with Crippen LogP contribution >= 0.6 is 11.6 Å². The van der Waals surface area contributed by atoms with Crippen LogP contribution in [0.25, 0.3) is 0 Å². The second kappa shape index (κ2) is 5.85. The number of hydrogen-bond acceptors (Lipinski definition) is 4. The summed E-state index contributed by atoms with van der Waals surface area (Å²) in [6, 6.07) is 5.48. The predicted molar refractivity (Wildman–Crippen MR) is 82.7 cm³/mol. The topological polar surface area (TPSA) is 66.6 Å². The summed E-state index contributed by atoms with van der Waals surface area (Å²) in [6.07, 6.45) is 2.51. The van der Waals surface area contributed by atoms with Crippen molar-refractivity contribution < 1.29 is 8.42 Å². The third-order valence-corrected chi connectivity index (χ3v) is 6.47. The van der Waals surface area contributed by atoms with Gasteiger partial charge in [-0.25, -0.2) is 8.42 Å². The lowest BCUT2D eigenvalue weighted by Gasteiger charge is -2.34. The predicted octanol–water partition coefficient (Wildman–Crippen LogP) is 1.27. The highest BCUT2D eigenvalue weighted by Crippen LogP contribution is 2.29. The molecule has 2 aliphatic rings. The molecule has 7 heteroatoms. The van der Waals surface area contributed by atoms with Crippen molar-refractivity contribution >= 4 is 21.6 Å². The maximum atomic E-state index is 12.6. The van der Waals surface area contributed by atoms with E-state index in [9.17, 15) is 8.42 Å². The smallest absolute Gasteiger partial charge is 0.243 e. The van der Waals surface area contributed by atoms with Crippen molar-refractivity contribution in [3.05, 3.63) is 28.8 Å². The molecule has 0 spiro atoms. The Labute approximate surface area is 130 Å². The zero-order valence-electron chi connectivity index (χ0n) is 11.8. The van der Waals surface area contributed by atoms with E-state index in [-0.39, 0.29) is 4.90 Å². The summed E-state index contributed by atoms with van der Waals surface area (Å²) < 4.78 is 26.9. The molecule has 0 bridgehead atoms. The summed E-state index contributed by atoms with van der Waals surface area (Å²) in [6.45, 7) is 3.04. The molecule has 1 heterocycles. The van der Waals surface area contributed by atoms with Crippen molar-refractivity contribution in [1.82, 2.24) is 9.21 Å². The van der Waals surface area contributed by atoms with Crippen molar-refractivity contribution in [2.45, 2.75) is 30.3 Å². The first-order valence-electron chi connectivity index (χ1n) is 7.25. The zero-order chi connectivity index (χ0) is 15.0. The SMILES string of the molecule is NCc1ccc(S(=O)(=O)N2CCN(C3CC3)CC2)cc1Cl. The van der Waals surface area contributed by atoms with Gasteiger partial charge in [-0.1, -0.05) is 17.7 Å². The average Bonchev–Trinajstić information content (AvgIpc) is 3.32. The second-order valence-electron chi connectivity index (χ2n) is 5.63. The lowest BCUT2D eigenvalue weighted by Crippen LogP contribution is -2.49. The zero-order valence-corrected chi connectivity index (χ0v) is 13.4. The van der Waals surface area contributed by atoms with Crippen LogP contribution in [0.15, 0.2) is 23.1 Å². The third kappa shape index (κ3) is 3.10. The number of rotatable bonds is 4. The molecule has 2 fully saturated rings. The maximum absolute atomic E-state index is 12.6. The Morgan fingerprint density at radius 2 is 1.86 bits per heavy atom. The number of nitrogens with zero attached hydrogens (tertiary/aromatic N) is 2. The quantitative estimate of drug-likeness (QED) is 0.903. The van der Waals surface area contributed by atoms with E-state index < -0.39 is 10.0 Å².